The number of amides is 1. The molecule has 0 saturated heterocycles. The summed E-state index contributed by atoms with van der Waals surface area (Å²) in [6.45, 7) is 6.11. The van der Waals surface area contributed by atoms with Crippen molar-refractivity contribution in [1.82, 2.24) is 14.5 Å². The first-order valence-electron chi connectivity index (χ1n) is 8.67. The Morgan fingerprint density at radius 1 is 1.27 bits per heavy atom. The smallest absolute Gasteiger partial charge is 0.411 e. The fourth-order valence-corrected chi connectivity index (χ4v) is 2.75. The van der Waals surface area contributed by atoms with E-state index in [1.807, 2.05) is 51.1 Å². The van der Waals surface area contributed by atoms with E-state index in [4.69, 9.17) is 4.74 Å². The van der Waals surface area contributed by atoms with Crippen molar-refractivity contribution < 1.29 is 19.4 Å². The van der Waals surface area contributed by atoms with Gasteiger partial charge in [-0.25, -0.2) is 14.6 Å². The number of carbonyl (C=O) groups is 2. The van der Waals surface area contributed by atoms with E-state index in [0.29, 0.717) is 12.1 Å². The van der Waals surface area contributed by atoms with Gasteiger partial charge >= 0.3 is 12.1 Å². The van der Waals surface area contributed by atoms with Crippen molar-refractivity contribution in [1.29, 1.82) is 0 Å². The van der Waals surface area contributed by atoms with Crippen LogP contribution >= 0.6 is 0 Å². The van der Waals surface area contributed by atoms with Gasteiger partial charge in [-0.1, -0.05) is 37.3 Å². The molecular formula is C19H25N3O4. The van der Waals surface area contributed by atoms with Crippen molar-refractivity contribution in [2.45, 2.75) is 45.9 Å². The Morgan fingerprint density at radius 3 is 2.54 bits per heavy atom. The molecule has 2 rings (SSSR count). The molecular weight excluding hydrogens is 334 g/mol. The van der Waals surface area contributed by atoms with E-state index in [-0.39, 0.29) is 19.2 Å². The molecule has 1 atom stereocenters. The van der Waals surface area contributed by atoms with Gasteiger partial charge in [-0.05, 0) is 25.8 Å². The number of hydrogen-bond donors (Lipinski definition) is 1. The first-order chi connectivity index (χ1) is 12.5. The molecule has 2 aromatic rings. The van der Waals surface area contributed by atoms with Crippen molar-refractivity contribution in [3.63, 3.8) is 0 Å². The Balaban J connectivity index is 2.24. The molecule has 0 bridgehead atoms. The van der Waals surface area contributed by atoms with Crippen LogP contribution in [0.2, 0.25) is 0 Å². The second kappa shape index (κ2) is 9.03. The SMILES string of the molecule is CCCN(C(=O)OCc1ccccc1)C(C(=O)O)c1cncn1C(C)C. The van der Waals surface area contributed by atoms with Crippen LogP contribution in [-0.2, 0) is 16.1 Å². The third-order valence-electron chi connectivity index (χ3n) is 3.98. The predicted molar refractivity (Wildman–Crippen MR) is 96.6 cm³/mol. The van der Waals surface area contributed by atoms with Crippen LogP contribution in [0.25, 0.3) is 0 Å². The van der Waals surface area contributed by atoms with Gasteiger partial charge in [0.05, 0.1) is 18.2 Å². The third kappa shape index (κ3) is 4.62. The second-order valence-corrected chi connectivity index (χ2v) is 6.29. The lowest BCUT2D eigenvalue weighted by molar-refractivity contribution is -0.143. The van der Waals surface area contributed by atoms with Gasteiger partial charge in [-0.2, -0.15) is 0 Å². The van der Waals surface area contributed by atoms with Crippen LogP contribution in [0.3, 0.4) is 0 Å². The van der Waals surface area contributed by atoms with Crippen molar-refractivity contribution in [3.05, 3.63) is 54.1 Å². The number of nitrogens with zero attached hydrogens (tertiary/aromatic N) is 3. The van der Waals surface area contributed by atoms with Gasteiger partial charge in [0.2, 0.25) is 0 Å². The molecule has 0 saturated carbocycles. The van der Waals surface area contributed by atoms with Crippen LogP contribution < -0.4 is 0 Å². The normalized spacial score (nSPS) is 12.0. The Bertz CT molecular complexity index is 727. The molecule has 1 heterocycles. The number of ether oxygens (including phenoxy) is 1. The molecule has 0 radical (unpaired) electrons. The molecule has 1 aromatic heterocycles. The number of carboxylic acid groups (broad SMARTS) is 1. The van der Waals surface area contributed by atoms with Gasteiger partial charge < -0.3 is 14.4 Å². The molecule has 1 aromatic carbocycles. The molecule has 1 amide bonds. The molecule has 7 nitrogen and oxygen atoms in total. The lowest BCUT2D eigenvalue weighted by atomic mass is 10.1. The summed E-state index contributed by atoms with van der Waals surface area (Å²) in [7, 11) is 0. The first kappa shape index (κ1) is 19.5. The monoisotopic (exact) mass is 359 g/mol. The summed E-state index contributed by atoms with van der Waals surface area (Å²) in [6.07, 6.45) is 3.03. The largest absolute Gasteiger partial charge is 0.479 e. The molecule has 1 unspecified atom stereocenters. The van der Waals surface area contributed by atoms with Gasteiger partial charge in [0.25, 0.3) is 0 Å². The van der Waals surface area contributed by atoms with E-state index in [9.17, 15) is 14.7 Å². The van der Waals surface area contributed by atoms with E-state index >= 15 is 0 Å². The summed E-state index contributed by atoms with van der Waals surface area (Å²) in [5.74, 6) is -1.11. The number of imidazole rings is 1. The number of rotatable bonds is 8. The summed E-state index contributed by atoms with van der Waals surface area (Å²) in [6, 6.07) is 8.16. The molecule has 7 heteroatoms. The quantitative estimate of drug-likeness (QED) is 0.778. The fraction of sp³-hybridized carbons (Fsp3) is 0.421. The number of benzene rings is 1. The average Bonchev–Trinajstić information content (AvgIpc) is 3.09. The molecule has 0 aliphatic carbocycles. The van der Waals surface area contributed by atoms with Crippen molar-refractivity contribution in [3.8, 4) is 0 Å². The highest BCUT2D eigenvalue weighted by Gasteiger charge is 2.34. The lowest BCUT2D eigenvalue weighted by Gasteiger charge is -2.29. The zero-order chi connectivity index (χ0) is 19.1. The van der Waals surface area contributed by atoms with Crippen molar-refractivity contribution in [2.24, 2.45) is 0 Å². The van der Waals surface area contributed by atoms with Crippen LogP contribution in [0.1, 0.15) is 50.5 Å². The Morgan fingerprint density at radius 2 is 1.96 bits per heavy atom. The molecule has 1 N–H and O–H groups in total. The van der Waals surface area contributed by atoms with Crippen LogP contribution in [0.15, 0.2) is 42.9 Å². The summed E-state index contributed by atoms with van der Waals surface area (Å²) >= 11 is 0. The van der Waals surface area contributed by atoms with Crippen LogP contribution in [-0.4, -0.2) is 38.2 Å². The first-order valence-corrected chi connectivity index (χ1v) is 8.67. The number of carboxylic acids is 1. The lowest BCUT2D eigenvalue weighted by Crippen LogP contribution is -2.40. The highest BCUT2D eigenvalue weighted by atomic mass is 16.6. The van der Waals surface area contributed by atoms with E-state index < -0.39 is 18.1 Å². The molecule has 0 aliphatic rings. The minimum atomic E-state index is -1.15. The van der Waals surface area contributed by atoms with Gasteiger partial charge in [0.1, 0.15) is 6.61 Å². The fourth-order valence-electron chi connectivity index (χ4n) is 2.75. The minimum absolute atomic E-state index is 0.0261. The number of hydrogen-bond acceptors (Lipinski definition) is 4. The zero-order valence-corrected chi connectivity index (χ0v) is 15.3. The summed E-state index contributed by atoms with van der Waals surface area (Å²) in [5, 5.41) is 9.79. The highest BCUT2D eigenvalue weighted by Crippen LogP contribution is 2.25. The highest BCUT2D eigenvalue weighted by molar-refractivity contribution is 5.81. The van der Waals surface area contributed by atoms with Gasteiger partial charge in [0, 0.05) is 12.6 Å². The number of aromatic nitrogens is 2. The Labute approximate surface area is 153 Å². The van der Waals surface area contributed by atoms with E-state index in [1.165, 1.54) is 11.1 Å². The van der Waals surface area contributed by atoms with Crippen LogP contribution in [0.5, 0.6) is 0 Å². The Hall–Kier alpha value is -2.83. The summed E-state index contributed by atoms with van der Waals surface area (Å²) < 4.78 is 7.12. The predicted octanol–water partition coefficient (Wildman–Crippen LogP) is 3.64. The van der Waals surface area contributed by atoms with E-state index in [1.54, 1.807) is 10.9 Å². The third-order valence-corrected chi connectivity index (χ3v) is 3.98. The minimum Gasteiger partial charge on any atom is -0.479 e. The average molecular weight is 359 g/mol. The van der Waals surface area contributed by atoms with E-state index in [0.717, 1.165) is 5.56 Å². The van der Waals surface area contributed by atoms with Gasteiger partial charge in [0.15, 0.2) is 6.04 Å². The van der Waals surface area contributed by atoms with Gasteiger partial charge in [-0.3, -0.25) is 4.90 Å². The Kier molecular flexibility index (Phi) is 6.77. The standard InChI is InChI=1S/C19H25N3O4/c1-4-10-21(19(25)26-12-15-8-6-5-7-9-15)17(18(23)24)16-11-20-13-22(16)14(2)3/h5-9,11,13-14,17H,4,10,12H2,1-3H3,(H,23,24). The maximum absolute atomic E-state index is 12.6. The maximum Gasteiger partial charge on any atom is 0.411 e. The number of carbonyl (C=O) groups excluding carboxylic acids is 1. The van der Waals surface area contributed by atoms with Gasteiger partial charge in [-0.15, -0.1) is 0 Å². The molecule has 0 fully saturated rings. The van der Waals surface area contributed by atoms with Crippen LogP contribution in [0.4, 0.5) is 4.79 Å². The van der Waals surface area contributed by atoms with Crippen molar-refractivity contribution >= 4 is 12.1 Å². The molecule has 140 valence electrons. The maximum atomic E-state index is 12.6. The number of aliphatic carboxylic acids is 1. The second-order valence-electron chi connectivity index (χ2n) is 6.29. The van der Waals surface area contributed by atoms with Crippen LogP contribution in [0, 0.1) is 0 Å². The summed E-state index contributed by atoms with van der Waals surface area (Å²) in [5.41, 5.74) is 1.30. The van der Waals surface area contributed by atoms with Crippen molar-refractivity contribution in [2.75, 3.05) is 6.54 Å². The zero-order valence-electron chi connectivity index (χ0n) is 15.3. The van der Waals surface area contributed by atoms with E-state index in [2.05, 4.69) is 4.98 Å². The summed E-state index contributed by atoms with van der Waals surface area (Å²) in [4.78, 5) is 29.9. The molecule has 26 heavy (non-hydrogen) atoms. The topological polar surface area (TPSA) is 84.7 Å². The molecule has 0 aliphatic heterocycles. The molecule has 0 spiro atoms.